The number of carbonyl (C=O) groups is 1. The summed E-state index contributed by atoms with van der Waals surface area (Å²) in [5.74, 6) is 0.617. The first kappa shape index (κ1) is 9.72. The molecule has 0 radical (unpaired) electrons. The summed E-state index contributed by atoms with van der Waals surface area (Å²) in [5.41, 5.74) is 8.22. The molecular weight excluding hydrogens is 194 g/mol. The standard InChI is InChI=1S/C9H13N5O/c10-8(15)2-5-14-7-13-4-1-3-11-6-9(13)12-14/h1,3-4,6,12H,2,5,7H2,(H2,10,15). The van der Waals surface area contributed by atoms with Gasteiger partial charge in [0.25, 0.3) is 0 Å². The zero-order valence-corrected chi connectivity index (χ0v) is 8.26. The van der Waals surface area contributed by atoms with Crippen molar-refractivity contribution in [3.63, 3.8) is 0 Å². The van der Waals surface area contributed by atoms with Gasteiger partial charge in [-0.2, -0.15) is 0 Å². The predicted molar refractivity (Wildman–Crippen MR) is 56.1 cm³/mol. The molecule has 15 heavy (non-hydrogen) atoms. The molecule has 0 atom stereocenters. The first-order valence-electron chi connectivity index (χ1n) is 4.72. The van der Waals surface area contributed by atoms with Crippen LogP contribution in [-0.4, -0.2) is 35.2 Å². The van der Waals surface area contributed by atoms with E-state index >= 15 is 0 Å². The van der Waals surface area contributed by atoms with E-state index in [1.54, 1.807) is 12.4 Å². The number of primary amides is 1. The molecule has 2 aliphatic heterocycles. The minimum Gasteiger partial charge on any atom is -0.370 e. The van der Waals surface area contributed by atoms with Crippen LogP contribution in [0.4, 0.5) is 0 Å². The highest BCUT2D eigenvalue weighted by atomic mass is 16.1. The number of hydrogen-bond acceptors (Lipinski definition) is 5. The second-order valence-electron chi connectivity index (χ2n) is 3.36. The summed E-state index contributed by atoms with van der Waals surface area (Å²) in [6, 6.07) is 0. The molecule has 1 fully saturated rings. The highest BCUT2D eigenvalue weighted by Gasteiger charge is 2.22. The van der Waals surface area contributed by atoms with Gasteiger partial charge in [-0.15, -0.1) is 0 Å². The van der Waals surface area contributed by atoms with Gasteiger partial charge < -0.3 is 16.1 Å². The van der Waals surface area contributed by atoms with Gasteiger partial charge in [-0.3, -0.25) is 9.79 Å². The summed E-state index contributed by atoms with van der Waals surface area (Å²) in [7, 11) is 0. The number of nitrogens with one attached hydrogen (secondary N) is 1. The number of rotatable bonds is 3. The Labute approximate surface area is 87.7 Å². The quantitative estimate of drug-likeness (QED) is 0.644. The van der Waals surface area contributed by atoms with Gasteiger partial charge in [-0.05, 0) is 6.08 Å². The van der Waals surface area contributed by atoms with Crippen molar-refractivity contribution in [3.05, 3.63) is 24.3 Å². The van der Waals surface area contributed by atoms with Crippen LogP contribution < -0.4 is 11.2 Å². The number of allylic oxidation sites excluding steroid dienone is 1. The van der Waals surface area contributed by atoms with Gasteiger partial charge in [0.1, 0.15) is 5.82 Å². The third-order valence-electron chi connectivity index (χ3n) is 2.17. The van der Waals surface area contributed by atoms with E-state index in [1.165, 1.54) is 0 Å². The van der Waals surface area contributed by atoms with Gasteiger partial charge in [-0.25, -0.2) is 5.01 Å². The summed E-state index contributed by atoms with van der Waals surface area (Å²) in [4.78, 5) is 16.7. The summed E-state index contributed by atoms with van der Waals surface area (Å²) in [5, 5.41) is 1.92. The van der Waals surface area contributed by atoms with E-state index in [-0.39, 0.29) is 5.91 Å². The number of fused-ring (bicyclic) bond motifs is 1. The van der Waals surface area contributed by atoms with Gasteiger partial charge in [0.05, 0.1) is 12.9 Å². The van der Waals surface area contributed by atoms with E-state index in [0.717, 1.165) is 5.82 Å². The van der Waals surface area contributed by atoms with Gasteiger partial charge in [0.15, 0.2) is 0 Å². The van der Waals surface area contributed by atoms with Crippen LogP contribution >= 0.6 is 0 Å². The lowest BCUT2D eigenvalue weighted by Gasteiger charge is -2.12. The maximum Gasteiger partial charge on any atom is 0.218 e. The fourth-order valence-electron chi connectivity index (χ4n) is 1.43. The monoisotopic (exact) mass is 207 g/mol. The average molecular weight is 207 g/mol. The van der Waals surface area contributed by atoms with Crippen molar-refractivity contribution in [2.75, 3.05) is 13.2 Å². The fraction of sp³-hybridized carbons (Fsp3) is 0.333. The molecular formula is C9H13N5O. The van der Waals surface area contributed by atoms with E-state index < -0.39 is 0 Å². The number of nitrogens with two attached hydrogens (primary N) is 1. The van der Waals surface area contributed by atoms with Crippen LogP contribution in [0.5, 0.6) is 0 Å². The number of nitrogens with zero attached hydrogens (tertiary/aromatic N) is 3. The highest BCUT2D eigenvalue weighted by molar-refractivity contribution is 5.74. The first-order valence-corrected chi connectivity index (χ1v) is 4.72. The van der Waals surface area contributed by atoms with Crippen LogP contribution in [0.15, 0.2) is 29.3 Å². The lowest BCUT2D eigenvalue weighted by atomic mass is 10.4. The molecule has 6 heteroatoms. The van der Waals surface area contributed by atoms with Crippen LogP contribution in [0.1, 0.15) is 6.42 Å². The van der Waals surface area contributed by atoms with Crippen molar-refractivity contribution in [2.24, 2.45) is 10.7 Å². The molecule has 3 N–H and O–H groups in total. The Morgan fingerprint density at radius 3 is 3.33 bits per heavy atom. The summed E-state index contributed by atoms with van der Waals surface area (Å²) in [6.07, 6.45) is 7.61. The van der Waals surface area contributed by atoms with Crippen LogP contribution in [-0.2, 0) is 4.79 Å². The Morgan fingerprint density at radius 2 is 2.53 bits per heavy atom. The fourth-order valence-corrected chi connectivity index (χ4v) is 1.43. The van der Waals surface area contributed by atoms with Crippen LogP contribution in [0.2, 0.25) is 0 Å². The minimum atomic E-state index is -0.290. The predicted octanol–water partition coefficient (Wildman–Crippen LogP) is -0.661. The number of carbonyl (C=O) groups excluding carboxylic acids is 1. The molecule has 0 bridgehead atoms. The van der Waals surface area contributed by atoms with Crippen molar-refractivity contribution in [1.82, 2.24) is 15.3 Å². The van der Waals surface area contributed by atoms with Crippen molar-refractivity contribution < 1.29 is 4.79 Å². The molecule has 2 heterocycles. The molecule has 0 unspecified atom stereocenters. The first-order chi connectivity index (χ1) is 7.25. The zero-order chi connectivity index (χ0) is 10.7. The van der Waals surface area contributed by atoms with Crippen molar-refractivity contribution in [1.29, 1.82) is 0 Å². The van der Waals surface area contributed by atoms with E-state index in [1.807, 2.05) is 22.2 Å². The van der Waals surface area contributed by atoms with Gasteiger partial charge in [-0.1, -0.05) is 0 Å². The van der Waals surface area contributed by atoms with E-state index in [0.29, 0.717) is 19.6 Å². The molecule has 0 aromatic rings. The molecule has 0 saturated carbocycles. The van der Waals surface area contributed by atoms with Crippen LogP contribution in [0, 0.1) is 0 Å². The molecule has 80 valence electrons. The molecule has 0 spiro atoms. The van der Waals surface area contributed by atoms with E-state index in [4.69, 9.17) is 5.73 Å². The van der Waals surface area contributed by atoms with Gasteiger partial charge in [0, 0.05) is 25.4 Å². The van der Waals surface area contributed by atoms with E-state index in [2.05, 4.69) is 10.4 Å². The minimum absolute atomic E-state index is 0.290. The smallest absolute Gasteiger partial charge is 0.218 e. The molecule has 1 amide bonds. The number of hydrogen-bond donors (Lipinski definition) is 2. The number of aliphatic imine (C=N–C) groups is 1. The van der Waals surface area contributed by atoms with Crippen molar-refractivity contribution in [3.8, 4) is 0 Å². The normalized spacial score (nSPS) is 19.5. The molecule has 0 aromatic carbocycles. The Kier molecular flexibility index (Phi) is 2.68. The Balaban J connectivity index is 1.94. The van der Waals surface area contributed by atoms with Crippen molar-refractivity contribution in [2.45, 2.75) is 6.42 Å². The Morgan fingerprint density at radius 1 is 1.67 bits per heavy atom. The van der Waals surface area contributed by atoms with Crippen LogP contribution in [0.25, 0.3) is 0 Å². The molecule has 2 rings (SSSR count). The van der Waals surface area contributed by atoms with Crippen LogP contribution in [0.3, 0.4) is 0 Å². The second-order valence-corrected chi connectivity index (χ2v) is 3.36. The average Bonchev–Trinajstić information content (AvgIpc) is 2.46. The molecule has 2 aliphatic rings. The zero-order valence-electron chi connectivity index (χ0n) is 8.26. The maximum absolute atomic E-state index is 10.6. The maximum atomic E-state index is 10.6. The van der Waals surface area contributed by atoms with Gasteiger partial charge >= 0.3 is 0 Å². The molecule has 1 saturated heterocycles. The molecule has 0 aliphatic carbocycles. The molecule has 0 aromatic heterocycles. The van der Waals surface area contributed by atoms with Crippen molar-refractivity contribution >= 4 is 12.1 Å². The lowest BCUT2D eigenvalue weighted by molar-refractivity contribution is -0.118. The summed E-state index contributed by atoms with van der Waals surface area (Å²) >= 11 is 0. The number of hydrazine groups is 1. The number of amides is 1. The molecule has 6 nitrogen and oxygen atoms in total. The second kappa shape index (κ2) is 4.14. The Hall–Kier alpha value is -1.82. The Bertz CT molecular complexity index is 346. The highest BCUT2D eigenvalue weighted by Crippen LogP contribution is 2.13. The third kappa shape index (κ3) is 2.35. The summed E-state index contributed by atoms with van der Waals surface area (Å²) < 4.78 is 0. The largest absolute Gasteiger partial charge is 0.370 e. The SMILES string of the molecule is NC(=O)CCN1CN2C=CC=NC=C2N1. The van der Waals surface area contributed by atoms with Gasteiger partial charge in [0.2, 0.25) is 5.91 Å². The summed E-state index contributed by atoms with van der Waals surface area (Å²) in [6.45, 7) is 1.29. The third-order valence-corrected chi connectivity index (χ3v) is 2.17. The topological polar surface area (TPSA) is 74.0 Å². The van der Waals surface area contributed by atoms with E-state index in [9.17, 15) is 4.79 Å². The lowest BCUT2D eigenvalue weighted by Crippen LogP contribution is -2.33.